The first-order valence-corrected chi connectivity index (χ1v) is 7.20. The van der Waals surface area contributed by atoms with Gasteiger partial charge in [0.25, 0.3) is 0 Å². The number of hydrogen-bond donors (Lipinski definition) is 1. The highest BCUT2D eigenvalue weighted by Gasteiger charge is 2.19. The van der Waals surface area contributed by atoms with Crippen molar-refractivity contribution in [3.05, 3.63) is 29.8 Å². The lowest BCUT2D eigenvalue weighted by atomic mass is 10.0. The van der Waals surface area contributed by atoms with Crippen LogP contribution in [0.1, 0.15) is 32.3 Å². The van der Waals surface area contributed by atoms with Crippen LogP contribution in [0.25, 0.3) is 0 Å². The lowest BCUT2D eigenvalue weighted by Gasteiger charge is -2.35. The van der Waals surface area contributed by atoms with Gasteiger partial charge in [0.15, 0.2) is 0 Å². The van der Waals surface area contributed by atoms with E-state index in [9.17, 15) is 0 Å². The lowest BCUT2D eigenvalue weighted by molar-refractivity contribution is 0.399. The summed E-state index contributed by atoms with van der Waals surface area (Å²) in [5.41, 5.74) is 2.73. The molecule has 0 amide bonds. The highest BCUT2D eigenvalue weighted by molar-refractivity contribution is 5.48. The molecule has 1 unspecified atom stereocenters. The van der Waals surface area contributed by atoms with Gasteiger partial charge in [-0.25, -0.2) is 0 Å². The van der Waals surface area contributed by atoms with Crippen molar-refractivity contribution in [3.63, 3.8) is 0 Å². The topological polar surface area (TPSA) is 15.3 Å². The van der Waals surface area contributed by atoms with Crippen molar-refractivity contribution >= 4 is 5.69 Å². The van der Waals surface area contributed by atoms with Crippen molar-refractivity contribution < 1.29 is 0 Å². The van der Waals surface area contributed by atoms with E-state index in [1.54, 1.807) is 0 Å². The normalized spacial score (nSPS) is 20.4. The molecule has 0 spiro atoms. The summed E-state index contributed by atoms with van der Waals surface area (Å²) >= 11 is 0. The van der Waals surface area contributed by atoms with Gasteiger partial charge < -0.3 is 10.2 Å². The van der Waals surface area contributed by atoms with Crippen LogP contribution in [-0.4, -0.2) is 25.7 Å². The van der Waals surface area contributed by atoms with Gasteiger partial charge in [0.2, 0.25) is 0 Å². The molecular weight excluding hydrogens is 220 g/mol. The van der Waals surface area contributed by atoms with Gasteiger partial charge in [-0.1, -0.05) is 26.0 Å². The third-order valence-corrected chi connectivity index (χ3v) is 3.60. The largest absolute Gasteiger partial charge is 0.370 e. The fourth-order valence-electron chi connectivity index (χ4n) is 2.61. The van der Waals surface area contributed by atoms with E-state index < -0.39 is 0 Å². The van der Waals surface area contributed by atoms with Gasteiger partial charge in [-0.3, -0.25) is 0 Å². The number of rotatable bonds is 4. The van der Waals surface area contributed by atoms with E-state index in [1.807, 2.05) is 0 Å². The Morgan fingerprint density at radius 2 is 2.22 bits per heavy atom. The van der Waals surface area contributed by atoms with Crippen molar-refractivity contribution in [2.45, 2.75) is 39.7 Å². The number of hydrogen-bond acceptors (Lipinski definition) is 2. The maximum absolute atomic E-state index is 3.69. The van der Waals surface area contributed by atoms with E-state index in [2.05, 4.69) is 55.3 Å². The molecule has 0 radical (unpaired) electrons. The standard InChI is InChI=1S/C16H26N2/c1-13(2)11-17-15-7-5-9-18(12-15)16-8-4-6-14(3)10-16/h4,6,8,10,13,15,17H,5,7,9,11-12H2,1-3H3. The van der Waals surface area contributed by atoms with Crippen LogP contribution >= 0.6 is 0 Å². The quantitative estimate of drug-likeness (QED) is 0.877. The van der Waals surface area contributed by atoms with Crippen LogP contribution < -0.4 is 10.2 Å². The molecule has 2 nitrogen and oxygen atoms in total. The molecule has 1 aliphatic heterocycles. The molecule has 0 saturated carbocycles. The molecule has 1 heterocycles. The van der Waals surface area contributed by atoms with Crippen molar-refractivity contribution in [2.24, 2.45) is 5.92 Å². The Bertz CT molecular complexity index is 373. The van der Waals surface area contributed by atoms with Crippen molar-refractivity contribution in [2.75, 3.05) is 24.5 Å². The third-order valence-electron chi connectivity index (χ3n) is 3.60. The summed E-state index contributed by atoms with van der Waals surface area (Å²) in [7, 11) is 0. The lowest BCUT2D eigenvalue weighted by Crippen LogP contribution is -2.46. The molecule has 1 N–H and O–H groups in total. The van der Waals surface area contributed by atoms with Crippen molar-refractivity contribution in [1.82, 2.24) is 5.32 Å². The van der Waals surface area contributed by atoms with E-state index in [4.69, 9.17) is 0 Å². The Labute approximate surface area is 111 Å². The zero-order chi connectivity index (χ0) is 13.0. The van der Waals surface area contributed by atoms with E-state index in [1.165, 1.54) is 30.6 Å². The Morgan fingerprint density at radius 1 is 1.39 bits per heavy atom. The third kappa shape index (κ3) is 3.74. The number of piperidine rings is 1. The van der Waals surface area contributed by atoms with Crippen LogP contribution in [0, 0.1) is 12.8 Å². The zero-order valence-electron chi connectivity index (χ0n) is 11.9. The molecule has 0 aliphatic carbocycles. The summed E-state index contributed by atoms with van der Waals surface area (Å²) in [4.78, 5) is 2.52. The molecule has 18 heavy (non-hydrogen) atoms. The van der Waals surface area contributed by atoms with Gasteiger partial charge >= 0.3 is 0 Å². The van der Waals surface area contributed by atoms with E-state index in [0.29, 0.717) is 6.04 Å². The van der Waals surface area contributed by atoms with Gasteiger partial charge in [0.05, 0.1) is 0 Å². The first kappa shape index (κ1) is 13.4. The van der Waals surface area contributed by atoms with Crippen LogP contribution in [0.3, 0.4) is 0 Å². The van der Waals surface area contributed by atoms with E-state index in [-0.39, 0.29) is 0 Å². The number of benzene rings is 1. The molecule has 1 saturated heterocycles. The monoisotopic (exact) mass is 246 g/mol. The predicted molar refractivity (Wildman–Crippen MR) is 79.3 cm³/mol. The summed E-state index contributed by atoms with van der Waals surface area (Å²) in [5, 5.41) is 3.69. The van der Waals surface area contributed by atoms with Crippen LogP contribution in [0.4, 0.5) is 5.69 Å². The fraction of sp³-hybridized carbons (Fsp3) is 0.625. The molecule has 100 valence electrons. The zero-order valence-corrected chi connectivity index (χ0v) is 11.9. The van der Waals surface area contributed by atoms with E-state index >= 15 is 0 Å². The summed E-state index contributed by atoms with van der Waals surface area (Å²) in [6.07, 6.45) is 2.61. The highest BCUT2D eigenvalue weighted by Crippen LogP contribution is 2.20. The molecule has 0 aromatic heterocycles. The van der Waals surface area contributed by atoms with Crippen LogP contribution in [0.5, 0.6) is 0 Å². The van der Waals surface area contributed by atoms with Crippen LogP contribution in [0.15, 0.2) is 24.3 Å². The first-order valence-electron chi connectivity index (χ1n) is 7.20. The summed E-state index contributed by atoms with van der Waals surface area (Å²) in [5.74, 6) is 0.736. The van der Waals surface area contributed by atoms with Gasteiger partial charge in [-0.15, -0.1) is 0 Å². The Morgan fingerprint density at radius 3 is 2.94 bits per heavy atom. The molecule has 1 atom stereocenters. The predicted octanol–water partition coefficient (Wildman–Crippen LogP) is 3.21. The minimum absolute atomic E-state index is 0.654. The Kier molecular flexibility index (Phi) is 4.65. The smallest absolute Gasteiger partial charge is 0.0369 e. The molecule has 2 heteroatoms. The molecule has 0 bridgehead atoms. The van der Waals surface area contributed by atoms with Crippen molar-refractivity contribution in [3.8, 4) is 0 Å². The van der Waals surface area contributed by atoms with Crippen molar-refractivity contribution in [1.29, 1.82) is 0 Å². The number of nitrogens with one attached hydrogen (secondary N) is 1. The Balaban J connectivity index is 1.94. The second-order valence-electron chi connectivity index (χ2n) is 5.93. The maximum Gasteiger partial charge on any atom is 0.0369 e. The fourth-order valence-corrected chi connectivity index (χ4v) is 2.61. The van der Waals surface area contributed by atoms with Crippen LogP contribution in [0.2, 0.25) is 0 Å². The summed E-state index contributed by atoms with van der Waals surface area (Å²) < 4.78 is 0. The second kappa shape index (κ2) is 6.24. The SMILES string of the molecule is Cc1cccc(N2CCCC(NCC(C)C)C2)c1. The molecule has 2 rings (SSSR count). The van der Waals surface area contributed by atoms with E-state index in [0.717, 1.165) is 19.0 Å². The summed E-state index contributed by atoms with van der Waals surface area (Å²) in [6.45, 7) is 10.2. The second-order valence-corrected chi connectivity index (χ2v) is 5.93. The van der Waals surface area contributed by atoms with Gasteiger partial charge in [-0.05, 0) is 49.9 Å². The average molecular weight is 246 g/mol. The first-order chi connectivity index (χ1) is 8.65. The van der Waals surface area contributed by atoms with Gasteiger partial charge in [-0.2, -0.15) is 0 Å². The number of nitrogens with zero attached hydrogens (tertiary/aromatic N) is 1. The molecule has 1 aromatic carbocycles. The van der Waals surface area contributed by atoms with Gasteiger partial charge in [0, 0.05) is 24.8 Å². The van der Waals surface area contributed by atoms with Crippen LogP contribution in [-0.2, 0) is 0 Å². The molecule has 1 aliphatic rings. The number of aryl methyl sites for hydroxylation is 1. The highest BCUT2D eigenvalue weighted by atomic mass is 15.2. The minimum atomic E-state index is 0.654. The minimum Gasteiger partial charge on any atom is -0.370 e. The molecular formula is C16H26N2. The summed E-state index contributed by atoms with van der Waals surface area (Å²) in [6, 6.07) is 9.52. The van der Waals surface area contributed by atoms with Gasteiger partial charge in [0.1, 0.15) is 0 Å². The average Bonchev–Trinajstić information content (AvgIpc) is 2.37. The molecule has 1 aromatic rings. The Hall–Kier alpha value is -1.02. The maximum atomic E-state index is 3.69. The molecule has 1 fully saturated rings. The number of anilines is 1.